The lowest BCUT2D eigenvalue weighted by Crippen LogP contribution is -2.18. The molecule has 1 heterocycles. The highest BCUT2D eigenvalue weighted by molar-refractivity contribution is 7.41. The number of epoxide rings is 1. The number of rotatable bonds is 5. The van der Waals surface area contributed by atoms with E-state index in [1.807, 2.05) is 0 Å². The molecule has 0 aromatic carbocycles. The maximum Gasteiger partial charge on any atom is 0.529 e. The third-order valence-electron chi connectivity index (χ3n) is 1.12. The topological polar surface area (TPSA) is 40.2 Å². The fourth-order valence-electron chi connectivity index (χ4n) is 0.549. The molecule has 16 heavy (non-hydrogen) atoms. The van der Waals surface area contributed by atoms with Crippen LogP contribution in [0.1, 0.15) is 0 Å². The summed E-state index contributed by atoms with van der Waals surface area (Å²) in [5.41, 5.74) is 0. The van der Waals surface area contributed by atoms with Gasteiger partial charge in [-0.15, -0.1) is 26.3 Å². The van der Waals surface area contributed by atoms with Crippen LogP contribution in [0.15, 0.2) is 0 Å². The van der Waals surface area contributed by atoms with Crippen LogP contribution in [0, 0.1) is 0 Å². The number of alkyl halides is 6. The van der Waals surface area contributed by atoms with E-state index >= 15 is 0 Å². The zero-order chi connectivity index (χ0) is 12.4. The van der Waals surface area contributed by atoms with Gasteiger partial charge in [0.1, 0.15) is 6.10 Å². The highest BCUT2D eigenvalue weighted by Gasteiger charge is 2.43. The molecule has 0 saturated carbocycles. The molecule has 1 atom stereocenters. The van der Waals surface area contributed by atoms with Gasteiger partial charge in [0.15, 0.2) is 0 Å². The molecule has 0 spiro atoms. The van der Waals surface area contributed by atoms with Crippen molar-refractivity contribution in [2.75, 3.05) is 13.2 Å². The van der Waals surface area contributed by atoms with Crippen LogP contribution in [0.2, 0.25) is 0 Å². The summed E-state index contributed by atoms with van der Waals surface area (Å²) in [6.07, 6.45) is -11.0. The van der Waals surface area contributed by atoms with Gasteiger partial charge in [0.05, 0.1) is 13.2 Å². The molecule has 0 radical (unpaired) electrons. The van der Waals surface area contributed by atoms with E-state index in [1.54, 1.807) is 0 Å². The van der Waals surface area contributed by atoms with Crippen molar-refractivity contribution in [2.45, 2.75) is 18.8 Å². The molecule has 11 heteroatoms. The molecule has 0 bridgehead atoms. The summed E-state index contributed by atoms with van der Waals surface area (Å²) in [6.45, 7) is -0.223. The SMILES string of the molecule is FC(F)(F)OP(OCC1CO1)OC(F)(F)F. The summed E-state index contributed by atoms with van der Waals surface area (Å²) >= 11 is 0. The van der Waals surface area contributed by atoms with Gasteiger partial charge in [-0.1, -0.05) is 0 Å². The first kappa shape index (κ1) is 13.9. The van der Waals surface area contributed by atoms with Gasteiger partial charge in [0.25, 0.3) is 0 Å². The third-order valence-corrected chi connectivity index (χ3v) is 2.20. The Bertz CT molecular complexity index is 210. The molecule has 96 valence electrons. The number of ether oxygens (including phenoxy) is 1. The highest BCUT2D eigenvalue weighted by Crippen LogP contribution is 2.50. The molecule has 1 aliphatic rings. The lowest BCUT2D eigenvalue weighted by molar-refractivity contribution is -0.308. The molecular formula is C5H5F6O4P. The molecular weight excluding hydrogens is 269 g/mol. The van der Waals surface area contributed by atoms with Crippen LogP contribution in [0.5, 0.6) is 0 Å². The lowest BCUT2D eigenvalue weighted by atomic mass is 10.5. The van der Waals surface area contributed by atoms with Crippen LogP contribution in [0.4, 0.5) is 26.3 Å². The second-order valence-corrected chi connectivity index (χ2v) is 3.62. The van der Waals surface area contributed by atoms with Crippen molar-refractivity contribution < 1.29 is 44.7 Å². The maximum atomic E-state index is 11.7. The van der Waals surface area contributed by atoms with Gasteiger partial charge < -0.3 is 9.26 Å². The smallest absolute Gasteiger partial charge is 0.371 e. The molecule has 0 N–H and O–H groups in total. The first-order chi connectivity index (χ1) is 7.16. The summed E-state index contributed by atoms with van der Waals surface area (Å²) in [5.74, 6) is 0. The largest absolute Gasteiger partial charge is 0.529 e. The average Bonchev–Trinajstić information content (AvgIpc) is 2.76. The molecule has 0 aromatic heterocycles. The van der Waals surface area contributed by atoms with Crippen molar-refractivity contribution in [3.8, 4) is 0 Å². The summed E-state index contributed by atoms with van der Waals surface area (Å²) < 4.78 is 84.7. The molecule has 0 aliphatic carbocycles. The van der Waals surface area contributed by atoms with Gasteiger partial charge in [-0.2, -0.15) is 0 Å². The fourth-order valence-corrected chi connectivity index (χ4v) is 1.32. The molecule has 0 amide bonds. The Morgan fingerprint density at radius 2 is 1.50 bits per heavy atom. The van der Waals surface area contributed by atoms with Crippen LogP contribution in [0.25, 0.3) is 0 Å². The second kappa shape index (κ2) is 5.01. The lowest BCUT2D eigenvalue weighted by Gasteiger charge is -2.18. The molecule has 1 rings (SSSR count). The fraction of sp³-hybridized carbons (Fsp3) is 1.00. The van der Waals surface area contributed by atoms with Gasteiger partial charge in [0, 0.05) is 0 Å². The second-order valence-electron chi connectivity index (χ2n) is 2.55. The predicted molar refractivity (Wildman–Crippen MR) is 36.9 cm³/mol. The van der Waals surface area contributed by atoms with E-state index < -0.39 is 34.0 Å². The number of halogens is 6. The van der Waals surface area contributed by atoms with E-state index in [0.29, 0.717) is 0 Å². The van der Waals surface area contributed by atoms with Crippen molar-refractivity contribution in [1.82, 2.24) is 0 Å². The van der Waals surface area contributed by atoms with Crippen LogP contribution in [-0.2, 0) is 18.3 Å². The summed E-state index contributed by atoms with van der Waals surface area (Å²) in [5, 5.41) is 0. The van der Waals surface area contributed by atoms with Crippen molar-refractivity contribution in [2.24, 2.45) is 0 Å². The molecule has 1 unspecified atom stereocenters. The minimum atomic E-state index is -5.26. The van der Waals surface area contributed by atoms with E-state index in [9.17, 15) is 26.3 Å². The van der Waals surface area contributed by atoms with Gasteiger partial charge in [-0.05, 0) is 0 Å². The minimum Gasteiger partial charge on any atom is -0.371 e. The molecule has 1 aliphatic heterocycles. The predicted octanol–water partition coefficient (Wildman–Crippen LogP) is 2.70. The maximum absolute atomic E-state index is 11.7. The van der Waals surface area contributed by atoms with Gasteiger partial charge >= 0.3 is 21.3 Å². The highest BCUT2D eigenvalue weighted by atomic mass is 31.2. The van der Waals surface area contributed by atoms with Crippen LogP contribution < -0.4 is 0 Å². The van der Waals surface area contributed by atoms with E-state index in [-0.39, 0.29) is 6.61 Å². The quantitative estimate of drug-likeness (QED) is 0.439. The minimum absolute atomic E-state index is 0.223. The Kier molecular flexibility index (Phi) is 4.35. The first-order valence-electron chi connectivity index (χ1n) is 3.72. The Hall–Kier alpha value is -0.150. The van der Waals surface area contributed by atoms with Crippen molar-refractivity contribution in [3.05, 3.63) is 0 Å². The molecule has 0 aromatic rings. The van der Waals surface area contributed by atoms with E-state index in [0.717, 1.165) is 0 Å². The standard InChI is InChI=1S/C5H5F6O4P/c6-4(7,8)14-16(15-5(9,10)11)13-2-3-1-12-3/h3H,1-2H2. The Balaban J connectivity index is 2.39. The van der Waals surface area contributed by atoms with E-state index in [4.69, 9.17) is 0 Å². The summed E-state index contributed by atoms with van der Waals surface area (Å²) in [7, 11) is -3.56. The zero-order valence-electron chi connectivity index (χ0n) is 7.34. The van der Waals surface area contributed by atoms with Crippen molar-refractivity contribution >= 4 is 8.60 Å². The molecule has 4 nitrogen and oxygen atoms in total. The van der Waals surface area contributed by atoms with E-state index in [2.05, 4.69) is 18.3 Å². The number of hydrogen-bond donors (Lipinski definition) is 0. The zero-order valence-corrected chi connectivity index (χ0v) is 8.23. The van der Waals surface area contributed by atoms with Crippen LogP contribution in [0.3, 0.4) is 0 Å². The third kappa shape index (κ3) is 7.18. The Morgan fingerprint density at radius 1 is 1.06 bits per heavy atom. The molecule has 1 saturated heterocycles. The monoisotopic (exact) mass is 274 g/mol. The average molecular weight is 274 g/mol. The normalized spacial score (nSPS) is 21.6. The van der Waals surface area contributed by atoms with Gasteiger partial charge in [0.2, 0.25) is 0 Å². The Morgan fingerprint density at radius 3 is 1.81 bits per heavy atom. The van der Waals surface area contributed by atoms with Crippen molar-refractivity contribution in [3.63, 3.8) is 0 Å². The van der Waals surface area contributed by atoms with Crippen molar-refractivity contribution in [1.29, 1.82) is 0 Å². The summed E-state index contributed by atoms with van der Waals surface area (Å²) in [6, 6.07) is 0. The Labute approximate surface area is 86.4 Å². The molecule has 1 fully saturated rings. The van der Waals surface area contributed by atoms with Crippen LogP contribution >= 0.6 is 8.60 Å². The van der Waals surface area contributed by atoms with Gasteiger partial charge in [-0.3, -0.25) is 0 Å². The van der Waals surface area contributed by atoms with Crippen LogP contribution in [-0.4, -0.2) is 32.0 Å². The van der Waals surface area contributed by atoms with E-state index in [1.165, 1.54) is 0 Å². The first-order valence-corrected chi connectivity index (χ1v) is 4.81. The summed E-state index contributed by atoms with van der Waals surface area (Å²) in [4.78, 5) is 0. The van der Waals surface area contributed by atoms with Gasteiger partial charge in [-0.25, -0.2) is 9.05 Å². The number of hydrogen-bond acceptors (Lipinski definition) is 4.